The number of ether oxygens (including phenoxy) is 1. The lowest BCUT2D eigenvalue weighted by Gasteiger charge is -2.32. The molecule has 1 aromatic rings. The first kappa shape index (κ1) is 17.5. The van der Waals surface area contributed by atoms with Crippen LogP contribution in [0.4, 0.5) is 4.79 Å². The second kappa shape index (κ2) is 6.50. The number of hydrogen-bond donors (Lipinski definition) is 1. The minimum Gasteiger partial charge on any atom is -0.444 e. The number of amides is 3. The van der Waals surface area contributed by atoms with E-state index in [0.29, 0.717) is 25.9 Å². The van der Waals surface area contributed by atoms with Crippen molar-refractivity contribution >= 4 is 17.9 Å². The molecule has 0 radical (unpaired) electrons. The predicted molar refractivity (Wildman–Crippen MR) is 91.9 cm³/mol. The van der Waals surface area contributed by atoms with Crippen molar-refractivity contribution in [2.75, 3.05) is 6.54 Å². The number of benzene rings is 1. The van der Waals surface area contributed by atoms with Crippen molar-refractivity contribution in [2.24, 2.45) is 0 Å². The molecule has 0 bridgehead atoms. The van der Waals surface area contributed by atoms with Crippen LogP contribution in [-0.2, 0) is 27.3 Å². The average Bonchev–Trinajstić information content (AvgIpc) is 2.52. The highest BCUT2D eigenvalue weighted by atomic mass is 16.6. The summed E-state index contributed by atoms with van der Waals surface area (Å²) >= 11 is 0. The largest absolute Gasteiger partial charge is 0.444 e. The molecule has 2 aliphatic rings. The van der Waals surface area contributed by atoms with Gasteiger partial charge in [-0.1, -0.05) is 18.2 Å². The molecule has 1 fully saturated rings. The number of fused-ring (bicyclic) bond motifs is 1. The van der Waals surface area contributed by atoms with Gasteiger partial charge < -0.3 is 9.64 Å². The van der Waals surface area contributed by atoms with E-state index >= 15 is 0 Å². The third-order valence-electron chi connectivity index (χ3n) is 4.54. The Hall–Kier alpha value is -2.37. The van der Waals surface area contributed by atoms with Gasteiger partial charge in [-0.3, -0.25) is 14.9 Å². The number of rotatable bonds is 1. The molecule has 2 heterocycles. The second-order valence-corrected chi connectivity index (χ2v) is 7.68. The number of nitrogens with zero attached hydrogens (tertiary/aromatic N) is 1. The molecule has 134 valence electrons. The maximum atomic E-state index is 12.3. The van der Waals surface area contributed by atoms with Crippen LogP contribution in [0.5, 0.6) is 0 Å². The van der Waals surface area contributed by atoms with E-state index in [2.05, 4.69) is 5.32 Å². The standard InChI is InChI=1S/C19H24N2O4/c1-19(2,3)25-18(24)21-9-8-12-4-5-13(10-14(12)11-21)15-6-7-16(22)20-17(15)23/h4-5,10,15H,6-9,11H2,1-3H3,(H,20,22,23). The molecule has 1 saturated heterocycles. The van der Waals surface area contributed by atoms with Crippen molar-refractivity contribution in [3.05, 3.63) is 34.9 Å². The van der Waals surface area contributed by atoms with Crippen LogP contribution < -0.4 is 5.32 Å². The van der Waals surface area contributed by atoms with Gasteiger partial charge in [0.05, 0.1) is 5.92 Å². The van der Waals surface area contributed by atoms with E-state index in [-0.39, 0.29) is 23.8 Å². The predicted octanol–water partition coefficient (Wildman–Crippen LogP) is 2.50. The van der Waals surface area contributed by atoms with E-state index in [4.69, 9.17) is 4.74 Å². The maximum absolute atomic E-state index is 12.3. The molecule has 1 atom stereocenters. The SMILES string of the molecule is CC(C)(C)OC(=O)N1CCc2ccc(C3CCC(=O)NC3=O)cc2C1. The molecule has 1 unspecified atom stereocenters. The molecule has 0 aromatic heterocycles. The van der Waals surface area contributed by atoms with Crippen LogP contribution in [0.1, 0.15) is 56.2 Å². The fourth-order valence-corrected chi connectivity index (χ4v) is 3.29. The molecule has 1 N–H and O–H groups in total. The first-order valence-electron chi connectivity index (χ1n) is 8.66. The van der Waals surface area contributed by atoms with Crippen molar-refractivity contribution < 1.29 is 19.1 Å². The molecule has 0 spiro atoms. The minimum atomic E-state index is -0.522. The van der Waals surface area contributed by atoms with Crippen LogP contribution in [0.3, 0.4) is 0 Å². The summed E-state index contributed by atoms with van der Waals surface area (Å²) in [6.07, 6.45) is 1.34. The molecule has 0 saturated carbocycles. The van der Waals surface area contributed by atoms with Gasteiger partial charge in [-0.2, -0.15) is 0 Å². The van der Waals surface area contributed by atoms with Gasteiger partial charge in [0, 0.05) is 19.5 Å². The van der Waals surface area contributed by atoms with E-state index in [1.165, 1.54) is 5.56 Å². The Morgan fingerprint density at radius 2 is 1.96 bits per heavy atom. The summed E-state index contributed by atoms with van der Waals surface area (Å²) < 4.78 is 5.45. The number of nitrogens with one attached hydrogen (secondary N) is 1. The van der Waals surface area contributed by atoms with E-state index < -0.39 is 5.60 Å². The number of imide groups is 1. The van der Waals surface area contributed by atoms with Crippen LogP contribution in [-0.4, -0.2) is 35.0 Å². The molecule has 0 aliphatic carbocycles. The molecule has 2 aliphatic heterocycles. The quantitative estimate of drug-likeness (QED) is 0.794. The van der Waals surface area contributed by atoms with Crippen LogP contribution in [0, 0.1) is 0 Å². The summed E-state index contributed by atoms with van der Waals surface area (Å²) in [6, 6.07) is 5.98. The van der Waals surface area contributed by atoms with Gasteiger partial charge in [0.2, 0.25) is 11.8 Å². The summed E-state index contributed by atoms with van der Waals surface area (Å²) in [5, 5.41) is 2.40. The lowest BCUT2D eigenvalue weighted by Crippen LogP contribution is -2.40. The summed E-state index contributed by atoms with van der Waals surface area (Å²) in [5.74, 6) is -0.758. The van der Waals surface area contributed by atoms with Crippen molar-refractivity contribution in [1.29, 1.82) is 0 Å². The van der Waals surface area contributed by atoms with Gasteiger partial charge in [0.25, 0.3) is 0 Å². The van der Waals surface area contributed by atoms with Crippen LogP contribution in [0.25, 0.3) is 0 Å². The summed E-state index contributed by atoms with van der Waals surface area (Å²) in [4.78, 5) is 37.4. The first-order chi connectivity index (χ1) is 11.7. The Morgan fingerprint density at radius 3 is 2.64 bits per heavy atom. The highest BCUT2D eigenvalue weighted by Crippen LogP contribution is 2.29. The minimum absolute atomic E-state index is 0.213. The fraction of sp³-hybridized carbons (Fsp3) is 0.526. The highest BCUT2D eigenvalue weighted by molar-refractivity contribution is 6.00. The molecular formula is C19H24N2O4. The van der Waals surface area contributed by atoms with Crippen LogP contribution >= 0.6 is 0 Å². The van der Waals surface area contributed by atoms with E-state index in [1.54, 1.807) is 4.90 Å². The fourth-order valence-electron chi connectivity index (χ4n) is 3.29. The molecule has 6 heteroatoms. The maximum Gasteiger partial charge on any atom is 0.410 e. The van der Waals surface area contributed by atoms with Crippen molar-refractivity contribution in [2.45, 2.75) is 58.1 Å². The normalized spacial score (nSPS) is 20.8. The molecule has 3 rings (SSSR count). The topological polar surface area (TPSA) is 75.7 Å². The molecule has 3 amide bonds. The number of carbonyl (C=O) groups is 3. The van der Waals surface area contributed by atoms with Crippen molar-refractivity contribution in [1.82, 2.24) is 10.2 Å². The number of carbonyl (C=O) groups excluding carboxylic acids is 3. The Morgan fingerprint density at radius 1 is 1.20 bits per heavy atom. The van der Waals surface area contributed by atoms with Gasteiger partial charge in [0.1, 0.15) is 5.60 Å². The first-order valence-corrected chi connectivity index (χ1v) is 8.66. The smallest absolute Gasteiger partial charge is 0.410 e. The second-order valence-electron chi connectivity index (χ2n) is 7.68. The molecule has 25 heavy (non-hydrogen) atoms. The van der Waals surface area contributed by atoms with Gasteiger partial charge in [-0.15, -0.1) is 0 Å². The lowest BCUT2D eigenvalue weighted by atomic mass is 9.87. The number of hydrogen-bond acceptors (Lipinski definition) is 4. The Kier molecular flexibility index (Phi) is 4.54. The van der Waals surface area contributed by atoms with Crippen LogP contribution in [0.15, 0.2) is 18.2 Å². The summed E-state index contributed by atoms with van der Waals surface area (Å²) in [5.41, 5.74) is 2.61. The van der Waals surface area contributed by atoms with E-state index in [1.807, 2.05) is 39.0 Å². The zero-order valence-corrected chi connectivity index (χ0v) is 14.9. The van der Waals surface area contributed by atoms with Gasteiger partial charge in [0.15, 0.2) is 0 Å². The number of piperidine rings is 1. The molecule has 6 nitrogen and oxygen atoms in total. The Bertz CT molecular complexity index is 721. The third-order valence-corrected chi connectivity index (χ3v) is 4.54. The zero-order valence-electron chi connectivity index (χ0n) is 14.9. The highest BCUT2D eigenvalue weighted by Gasteiger charge is 2.30. The van der Waals surface area contributed by atoms with E-state index in [9.17, 15) is 14.4 Å². The average molecular weight is 344 g/mol. The monoisotopic (exact) mass is 344 g/mol. The van der Waals surface area contributed by atoms with Crippen molar-refractivity contribution in [3.63, 3.8) is 0 Å². The van der Waals surface area contributed by atoms with Crippen molar-refractivity contribution in [3.8, 4) is 0 Å². The summed E-state index contributed by atoms with van der Waals surface area (Å²) in [6.45, 7) is 6.66. The van der Waals surface area contributed by atoms with E-state index in [0.717, 1.165) is 17.5 Å². The van der Waals surface area contributed by atoms with Gasteiger partial charge in [-0.05, 0) is 50.3 Å². The molecule has 1 aromatic carbocycles. The summed E-state index contributed by atoms with van der Waals surface area (Å²) in [7, 11) is 0. The lowest BCUT2D eigenvalue weighted by molar-refractivity contribution is -0.134. The zero-order chi connectivity index (χ0) is 18.2. The van der Waals surface area contributed by atoms with Gasteiger partial charge in [-0.25, -0.2) is 4.79 Å². The Balaban J connectivity index is 1.76. The van der Waals surface area contributed by atoms with Gasteiger partial charge >= 0.3 is 6.09 Å². The van der Waals surface area contributed by atoms with Crippen LogP contribution in [0.2, 0.25) is 0 Å². The third kappa shape index (κ3) is 4.00. The Labute approximate surface area is 147 Å². The molecular weight excluding hydrogens is 320 g/mol.